The third-order valence-corrected chi connectivity index (χ3v) is 5.64. The predicted molar refractivity (Wildman–Crippen MR) is 128 cm³/mol. The molecule has 1 aliphatic heterocycles. The van der Waals surface area contributed by atoms with Crippen molar-refractivity contribution in [3.05, 3.63) is 72.1 Å². The van der Waals surface area contributed by atoms with Crippen LogP contribution in [-0.4, -0.2) is 65.2 Å². The summed E-state index contributed by atoms with van der Waals surface area (Å²) >= 11 is 0. The van der Waals surface area contributed by atoms with Gasteiger partial charge in [0.15, 0.2) is 0 Å². The van der Waals surface area contributed by atoms with Crippen LogP contribution in [0.1, 0.15) is 24.8 Å². The molecular formula is C26H30N4O3. The molecule has 1 saturated heterocycles. The number of carbonyl (C=O) groups excluding carboxylic acids is 1. The lowest BCUT2D eigenvalue weighted by Gasteiger charge is -2.34. The lowest BCUT2D eigenvalue weighted by Crippen LogP contribution is -2.48. The number of nitrogens with zero attached hydrogens (tertiary/aromatic N) is 4. The molecule has 0 N–H and O–H groups in total. The summed E-state index contributed by atoms with van der Waals surface area (Å²) in [4.78, 5) is 21.4. The standard InChI is InChI=1S/C26H30N4O3/c1-2-32-23-12-10-22(11-13-23)26-27-24(33-28-26)14-15-25(31)30-19-17-29(18-20-30)16-6-9-21-7-4-3-5-8-21/h3-13H,2,14-20H2,1H3. The Balaban J connectivity index is 1.19. The summed E-state index contributed by atoms with van der Waals surface area (Å²) < 4.78 is 10.8. The maximum atomic E-state index is 12.6. The third kappa shape index (κ3) is 6.52. The second-order valence-electron chi connectivity index (χ2n) is 7.96. The predicted octanol–water partition coefficient (Wildman–Crippen LogP) is 3.93. The Hall–Kier alpha value is -3.45. The first-order valence-corrected chi connectivity index (χ1v) is 11.5. The zero-order chi connectivity index (χ0) is 22.9. The lowest BCUT2D eigenvalue weighted by molar-refractivity contribution is -0.132. The fourth-order valence-electron chi connectivity index (χ4n) is 3.79. The van der Waals surface area contributed by atoms with Crippen LogP contribution in [0.4, 0.5) is 0 Å². The van der Waals surface area contributed by atoms with E-state index in [0.717, 1.165) is 44.0 Å². The van der Waals surface area contributed by atoms with Gasteiger partial charge in [-0.15, -0.1) is 0 Å². The molecule has 7 nitrogen and oxygen atoms in total. The van der Waals surface area contributed by atoms with Crippen molar-refractivity contribution in [2.45, 2.75) is 19.8 Å². The smallest absolute Gasteiger partial charge is 0.227 e. The zero-order valence-electron chi connectivity index (χ0n) is 19.0. The number of aryl methyl sites for hydroxylation is 1. The van der Waals surface area contributed by atoms with E-state index in [1.54, 1.807) is 0 Å². The molecule has 1 fully saturated rings. The van der Waals surface area contributed by atoms with Gasteiger partial charge in [-0.25, -0.2) is 0 Å². The van der Waals surface area contributed by atoms with Gasteiger partial charge in [0, 0.05) is 51.1 Å². The molecule has 0 spiro atoms. The highest BCUT2D eigenvalue weighted by atomic mass is 16.5. The highest BCUT2D eigenvalue weighted by Crippen LogP contribution is 2.20. The maximum Gasteiger partial charge on any atom is 0.227 e. The molecule has 0 aliphatic carbocycles. The quantitative estimate of drug-likeness (QED) is 0.496. The molecule has 0 bridgehead atoms. The summed E-state index contributed by atoms with van der Waals surface area (Å²) in [5.74, 6) is 1.95. The van der Waals surface area contributed by atoms with Gasteiger partial charge < -0.3 is 14.2 Å². The van der Waals surface area contributed by atoms with Crippen LogP contribution in [0.5, 0.6) is 5.75 Å². The van der Waals surface area contributed by atoms with Gasteiger partial charge in [-0.05, 0) is 36.8 Å². The number of benzene rings is 2. The van der Waals surface area contributed by atoms with E-state index >= 15 is 0 Å². The summed E-state index contributed by atoms with van der Waals surface area (Å²) in [6.45, 7) is 6.73. The normalized spacial score (nSPS) is 14.6. The number of hydrogen-bond donors (Lipinski definition) is 0. The Morgan fingerprint density at radius 2 is 1.82 bits per heavy atom. The molecule has 7 heteroatoms. The molecule has 0 saturated carbocycles. The molecule has 172 valence electrons. The first kappa shape index (κ1) is 22.7. The minimum Gasteiger partial charge on any atom is -0.494 e. The Kier molecular flexibility index (Phi) is 7.87. The molecule has 1 amide bonds. The Morgan fingerprint density at radius 1 is 1.06 bits per heavy atom. The van der Waals surface area contributed by atoms with E-state index in [0.29, 0.717) is 31.2 Å². The molecule has 33 heavy (non-hydrogen) atoms. The Bertz CT molecular complexity index is 1040. The van der Waals surface area contributed by atoms with Crippen molar-refractivity contribution in [2.75, 3.05) is 39.3 Å². The number of carbonyl (C=O) groups is 1. The number of amides is 1. The highest BCUT2D eigenvalue weighted by molar-refractivity contribution is 5.76. The topological polar surface area (TPSA) is 71.7 Å². The number of aromatic nitrogens is 2. The van der Waals surface area contributed by atoms with E-state index in [2.05, 4.69) is 39.3 Å². The molecule has 4 rings (SSSR count). The SMILES string of the molecule is CCOc1ccc(-c2noc(CCC(=O)N3CCN(CC=Cc4ccccc4)CC3)n2)cc1. The van der Waals surface area contributed by atoms with Crippen molar-refractivity contribution in [1.29, 1.82) is 0 Å². The Labute approximate surface area is 194 Å². The van der Waals surface area contributed by atoms with E-state index in [9.17, 15) is 4.79 Å². The molecule has 3 aromatic rings. The van der Waals surface area contributed by atoms with Crippen molar-refractivity contribution in [1.82, 2.24) is 19.9 Å². The molecule has 0 unspecified atom stereocenters. The fraction of sp³-hybridized carbons (Fsp3) is 0.346. The van der Waals surface area contributed by atoms with Gasteiger partial charge in [0.25, 0.3) is 0 Å². The number of piperazine rings is 1. The largest absolute Gasteiger partial charge is 0.494 e. The molecule has 2 heterocycles. The summed E-state index contributed by atoms with van der Waals surface area (Å²) in [5.41, 5.74) is 2.07. The molecule has 2 aromatic carbocycles. The summed E-state index contributed by atoms with van der Waals surface area (Å²) in [6, 6.07) is 17.9. The second kappa shape index (κ2) is 11.4. The van der Waals surface area contributed by atoms with E-state index in [1.165, 1.54) is 5.56 Å². The van der Waals surface area contributed by atoms with Crippen molar-refractivity contribution in [3.63, 3.8) is 0 Å². The van der Waals surface area contributed by atoms with E-state index in [-0.39, 0.29) is 5.91 Å². The van der Waals surface area contributed by atoms with Crippen LogP contribution < -0.4 is 4.74 Å². The van der Waals surface area contributed by atoms with Crippen LogP contribution in [-0.2, 0) is 11.2 Å². The number of hydrogen-bond acceptors (Lipinski definition) is 6. The van der Waals surface area contributed by atoms with Crippen molar-refractivity contribution < 1.29 is 14.1 Å². The number of ether oxygens (including phenoxy) is 1. The monoisotopic (exact) mass is 446 g/mol. The average Bonchev–Trinajstić information content (AvgIpc) is 3.33. The zero-order valence-corrected chi connectivity index (χ0v) is 19.0. The minimum atomic E-state index is 0.135. The van der Waals surface area contributed by atoms with Crippen LogP contribution in [0.2, 0.25) is 0 Å². The molecular weight excluding hydrogens is 416 g/mol. The lowest BCUT2D eigenvalue weighted by atomic mass is 10.2. The van der Waals surface area contributed by atoms with Crippen LogP contribution in [0.15, 0.2) is 65.2 Å². The molecule has 0 atom stereocenters. The Morgan fingerprint density at radius 3 is 2.55 bits per heavy atom. The van der Waals surface area contributed by atoms with Crippen LogP contribution in [0.3, 0.4) is 0 Å². The summed E-state index contributed by atoms with van der Waals surface area (Å²) in [7, 11) is 0. The van der Waals surface area contributed by atoms with Crippen molar-refractivity contribution in [3.8, 4) is 17.1 Å². The van der Waals surface area contributed by atoms with Gasteiger partial charge >= 0.3 is 0 Å². The maximum absolute atomic E-state index is 12.6. The number of rotatable bonds is 9. The fourth-order valence-corrected chi connectivity index (χ4v) is 3.79. The van der Waals surface area contributed by atoms with Crippen LogP contribution in [0.25, 0.3) is 17.5 Å². The molecule has 1 aliphatic rings. The van der Waals surface area contributed by atoms with Crippen molar-refractivity contribution in [2.24, 2.45) is 0 Å². The average molecular weight is 447 g/mol. The second-order valence-corrected chi connectivity index (χ2v) is 7.96. The highest BCUT2D eigenvalue weighted by Gasteiger charge is 2.21. The van der Waals surface area contributed by atoms with E-state index < -0.39 is 0 Å². The van der Waals surface area contributed by atoms with E-state index in [4.69, 9.17) is 9.26 Å². The van der Waals surface area contributed by atoms with Crippen molar-refractivity contribution >= 4 is 12.0 Å². The summed E-state index contributed by atoms with van der Waals surface area (Å²) in [5, 5.41) is 4.05. The first-order chi connectivity index (χ1) is 16.2. The molecule has 1 aromatic heterocycles. The van der Waals surface area contributed by atoms with Gasteiger partial charge in [0.2, 0.25) is 17.6 Å². The van der Waals surface area contributed by atoms with Crippen LogP contribution >= 0.6 is 0 Å². The molecule has 0 radical (unpaired) electrons. The summed E-state index contributed by atoms with van der Waals surface area (Å²) in [6.07, 6.45) is 5.15. The third-order valence-electron chi connectivity index (χ3n) is 5.64. The minimum absolute atomic E-state index is 0.135. The van der Waals surface area contributed by atoms with Gasteiger partial charge in [-0.2, -0.15) is 4.98 Å². The van der Waals surface area contributed by atoms with Gasteiger partial charge in [-0.1, -0.05) is 47.6 Å². The van der Waals surface area contributed by atoms with Gasteiger partial charge in [0.1, 0.15) is 5.75 Å². The van der Waals surface area contributed by atoms with Gasteiger partial charge in [0.05, 0.1) is 6.61 Å². The van der Waals surface area contributed by atoms with Gasteiger partial charge in [-0.3, -0.25) is 9.69 Å². The van der Waals surface area contributed by atoms with Crippen LogP contribution in [0, 0.1) is 0 Å². The first-order valence-electron chi connectivity index (χ1n) is 11.5. The van der Waals surface area contributed by atoms with E-state index in [1.807, 2.05) is 54.3 Å².